The number of halogens is 4. The van der Waals surface area contributed by atoms with Crippen LogP contribution in [0.25, 0.3) is 0 Å². The van der Waals surface area contributed by atoms with Crippen molar-refractivity contribution in [3.8, 4) is 0 Å². The van der Waals surface area contributed by atoms with Crippen LogP contribution in [0.4, 0.5) is 18.0 Å². The number of carbonyl (C=O) groups excluding carboxylic acids is 4. The lowest BCUT2D eigenvalue weighted by Crippen LogP contribution is -2.57. The first-order valence-electron chi connectivity index (χ1n) is 15.2. The second-order valence-corrected chi connectivity index (χ2v) is 11.9. The number of pyridine rings is 1. The smallest absolute Gasteiger partial charge is 0.327 e. The van der Waals surface area contributed by atoms with Crippen LogP contribution in [0.1, 0.15) is 60.9 Å². The van der Waals surface area contributed by atoms with Gasteiger partial charge in [0, 0.05) is 37.2 Å². The Balaban J connectivity index is 1.71. The molecule has 4 rings (SSSR count). The molecule has 13 heteroatoms. The van der Waals surface area contributed by atoms with Gasteiger partial charge >= 0.3 is 17.9 Å². The maximum Gasteiger partial charge on any atom is 0.327 e. The van der Waals surface area contributed by atoms with Gasteiger partial charge in [0.05, 0.1) is 23.7 Å². The van der Waals surface area contributed by atoms with E-state index in [0.29, 0.717) is 30.9 Å². The van der Waals surface area contributed by atoms with Crippen LogP contribution in [0.5, 0.6) is 0 Å². The van der Waals surface area contributed by atoms with Crippen LogP contribution in [0.15, 0.2) is 66.9 Å². The standard InChI is InChI=1S/C34H36ClF3N4O5/c1-47-30(44)12-7-15-39-31(45)27-10-5-6-11-28(27)41-32(46)42-33(19-22-8-3-2-4-9-22,29-14-13-25(35)20-40-29)23-16-24(18-26(36)17-23)34(37,38)21-43/h2-4,8-9,13-14,16-18,20-21,27-28H,5-7,10-12,15,19H2,1H3,(H,39,45)(H2,41,42,46)/t27-,28+,33-/m0/s1. The number of amides is 3. The number of aromatic nitrogens is 1. The number of ether oxygens (including phenoxy) is 1. The number of carbonyl (C=O) groups is 4. The average Bonchev–Trinajstić information content (AvgIpc) is 3.06. The van der Waals surface area contributed by atoms with E-state index >= 15 is 4.39 Å². The highest BCUT2D eigenvalue weighted by atomic mass is 35.5. The first-order chi connectivity index (χ1) is 22.5. The number of benzene rings is 2. The van der Waals surface area contributed by atoms with Gasteiger partial charge in [-0.1, -0.05) is 54.8 Å². The van der Waals surface area contributed by atoms with Crippen LogP contribution in [-0.4, -0.2) is 48.9 Å². The van der Waals surface area contributed by atoms with E-state index in [1.807, 2.05) is 0 Å². The summed E-state index contributed by atoms with van der Waals surface area (Å²) in [6.45, 7) is 0.249. The highest BCUT2D eigenvalue weighted by Crippen LogP contribution is 2.37. The summed E-state index contributed by atoms with van der Waals surface area (Å²) in [5, 5.41) is 8.88. The number of urea groups is 1. The van der Waals surface area contributed by atoms with Crippen molar-refractivity contribution in [2.45, 2.75) is 62.4 Å². The van der Waals surface area contributed by atoms with E-state index in [1.165, 1.54) is 25.4 Å². The molecule has 1 saturated carbocycles. The zero-order valence-electron chi connectivity index (χ0n) is 25.7. The van der Waals surface area contributed by atoms with Crippen LogP contribution in [-0.2, 0) is 37.0 Å². The first-order valence-corrected chi connectivity index (χ1v) is 15.6. The molecule has 0 unspecified atom stereocenters. The van der Waals surface area contributed by atoms with Gasteiger partial charge in [0.25, 0.3) is 0 Å². The Hall–Kier alpha value is -4.45. The molecule has 3 N–H and O–H groups in total. The van der Waals surface area contributed by atoms with Gasteiger partial charge in [0.15, 0.2) is 6.29 Å². The van der Waals surface area contributed by atoms with Crippen LogP contribution in [0.2, 0.25) is 5.02 Å². The van der Waals surface area contributed by atoms with E-state index in [9.17, 15) is 28.0 Å². The van der Waals surface area contributed by atoms with E-state index in [0.717, 1.165) is 25.0 Å². The number of rotatable bonds is 13. The number of nitrogens with zero attached hydrogens (tertiary/aromatic N) is 1. The molecule has 1 aliphatic rings. The molecule has 0 radical (unpaired) electrons. The summed E-state index contributed by atoms with van der Waals surface area (Å²) in [5.74, 6) is -6.30. The lowest BCUT2D eigenvalue weighted by molar-refractivity contribution is -0.141. The predicted molar refractivity (Wildman–Crippen MR) is 168 cm³/mol. The van der Waals surface area contributed by atoms with Crippen molar-refractivity contribution in [1.29, 1.82) is 0 Å². The van der Waals surface area contributed by atoms with Crippen molar-refractivity contribution in [3.05, 3.63) is 100 Å². The quantitative estimate of drug-likeness (QED) is 0.124. The third-order valence-corrected chi connectivity index (χ3v) is 8.45. The molecule has 1 heterocycles. The van der Waals surface area contributed by atoms with E-state index < -0.39 is 47.1 Å². The SMILES string of the molecule is COC(=O)CCCNC(=O)[C@H]1CCCC[C@H]1NC(=O)N[C@@](Cc1ccccc1)(c1cc(F)cc(C(F)(F)C=O)c1)c1ccc(Cl)cn1. The topological polar surface area (TPSA) is 126 Å². The number of hydrogen-bond acceptors (Lipinski definition) is 6. The predicted octanol–water partition coefficient (Wildman–Crippen LogP) is 5.58. The van der Waals surface area contributed by atoms with Gasteiger partial charge in [-0.2, -0.15) is 8.78 Å². The molecule has 0 saturated heterocycles. The molecule has 1 fully saturated rings. The number of aldehydes is 1. The second-order valence-electron chi connectivity index (χ2n) is 11.5. The van der Waals surface area contributed by atoms with Crippen LogP contribution in [0.3, 0.4) is 0 Å². The molecule has 3 aromatic rings. The highest BCUT2D eigenvalue weighted by Gasteiger charge is 2.42. The van der Waals surface area contributed by atoms with Crippen molar-refractivity contribution in [1.82, 2.24) is 20.9 Å². The molecule has 250 valence electrons. The molecule has 0 spiro atoms. The van der Waals surface area contributed by atoms with Crippen LogP contribution < -0.4 is 16.0 Å². The van der Waals surface area contributed by atoms with Crippen LogP contribution >= 0.6 is 11.6 Å². The van der Waals surface area contributed by atoms with Crippen molar-refractivity contribution >= 4 is 35.8 Å². The molecular formula is C34H36ClF3N4O5. The minimum Gasteiger partial charge on any atom is -0.469 e. The maximum atomic E-state index is 15.1. The number of alkyl halides is 2. The molecule has 47 heavy (non-hydrogen) atoms. The molecule has 2 aromatic carbocycles. The molecular weight excluding hydrogens is 637 g/mol. The van der Waals surface area contributed by atoms with Gasteiger partial charge in [-0.25, -0.2) is 9.18 Å². The Morgan fingerprint density at radius 3 is 2.45 bits per heavy atom. The minimum absolute atomic E-state index is 0.0553. The Labute approximate surface area is 275 Å². The molecule has 3 amide bonds. The molecule has 9 nitrogen and oxygen atoms in total. The first kappa shape index (κ1) is 35.4. The summed E-state index contributed by atoms with van der Waals surface area (Å²) in [7, 11) is 1.29. The summed E-state index contributed by atoms with van der Waals surface area (Å²) in [6, 6.07) is 13.0. The molecule has 1 aromatic heterocycles. The van der Waals surface area contributed by atoms with Gasteiger partial charge in [-0.3, -0.25) is 19.4 Å². The molecule has 3 atom stereocenters. The lowest BCUT2D eigenvalue weighted by atomic mass is 9.79. The maximum absolute atomic E-state index is 15.1. The number of nitrogens with one attached hydrogen (secondary N) is 3. The van der Waals surface area contributed by atoms with Crippen molar-refractivity contribution in [3.63, 3.8) is 0 Å². The van der Waals surface area contributed by atoms with Gasteiger partial charge in [-0.15, -0.1) is 0 Å². The Bertz CT molecular complexity index is 1560. The summed E-state index contributed by atoms with van der Waals surface area (Å²) in [4.78, 5) is 54.2. The second kappa shape index (κ2) is 15.9. The van der Waals surface area contributed by atoms with E-state index in [4.69, 9.17) is 11.6 Å². The van der Waals surface area contributed by atoms with Crippen molar-refractivity contribution in [2.75, 3.05) is 13.7 Å². The minimum atomic E-state index is -4.01. The third-order valence-electron chi connectivity index (χ3n) is 8.23. The summed E-state index contributed by atoms with van der Waals surface area (Å²) < 4.78 is 49.0. The fourth-order valence-electron chi connectivity index (χ4n) is 5.84. The fourth-order valence-corrected chi connectivity index (χ4v) is 5.95. The summed E-state index contributed by atoms with van der Waals surface area (Å²) in [5.41, 5.74) is -1.92. The van der Waals surface area contributed by atoms with E-state index in [2.05, 4.69) is 25.7 Å². The monoisotopic (exact) mass is 672 g/mol. The van der Waals surface area contributed by atoms with Gasteiger partial charge < -0.3 is 20.7 Å². The largest absolute Gasteiger partial charge is 0.469 e. The van der Waals surface area contributed by atoms with Crippen molar-refractivity contribution in [2.24, 2.45) is 5.92 Å². The summed E-state index contributed by atoms with van der Waals surface area (Å²) in [6.07, 6.45) is 3.74. The Kier molecular flexibility index (Phi) is 12.0. The van der Waals surface area contributed by atoms with Gasteiger partial charge in [0.2, 0.25) is 5.91 Å². The lowest BCUT2D eigenvalue weighted by Gasteiger charge is -2.37. The van der Waals surface area contributed by atoms with Crippen LogP contribution in [0, 0.1) is 11.7 Å². The third kappa shape index (κ3) is 9.09. The van der Waals surface area contributed by atoms with Gasteiger partial charge in [-0.05, 0) is 60.7 Å². The zero-order valence-corrected chi connectivity index (χ0v) is 26.5. The normalized spacial score (nSPS) is 17.6. The zero-order chi connectivity index (χ0) is 34.0. The van der Waals surface area contributed by atoms with Crippen molar-refractivity contribution < 1.29 is 37.1 Å². The van der Waals surface area contributed by atoms with E-state index in [-0.39, 0.29) is 47.5 Å². The molecule has 0 bridgehead atoms. The molecule has 0 aliphatic heterocycles. The average molecular weight is 673 g/mol. The number of methoxy groups -OCH3 is 1. The van der Waals surface area contributed by atoms with E-state index in [1.54, 1.807) is 30.3 Å². The Morgan fingerprint density at radius 1 is 1.04 bits per heavy atom. The number of hydrogen-bond donors (Lipinski definition) is 3. The fraction of sp³-hybridized carbons (Fsp3) is 0.382. The highest BCUT2D eigenvalue weighted by molar-refractivity contribution is 6.30. The Morgan fingerprint density at radius 2 is 1.77 bits per heavy atom. The summed E-state index contributed by atoms with van der Waals surface area (Å²) >= 11 is 6.12. The number of esters is 1. The van der Waals surface area contributed by atoms with Gasteiger partial charge in [0.1, 0.15) is 11.4 Å². The molecule has 1 aliphatic carbocycles.